The SMILES string of the molecule is C.CC(C)OC(=O)N1CCn2c(nnc2[C@@H](COCc2ccccc2)NC(=O)C(C)(C)N)C1. The molecule has 0 saturated carbocycles. The Hall–Kier alpha value is -2.98. The first-order valence-corrected chi connectivity index (χ1v) is 10.7. The monoisotopic (exact) mass is 460 g/mol. The molecule has 3 rings (SSSR count). The number of carbonyl (C=O) groups excluding carboxylic acids is 2. The highest BCUT2D eigenvalue weighted by Gasteiger charge is 2.32. The van der Waals surface area contributed by atoms with E-state index in [9.17, 15) is 9.59 Å². The summed E-state index contributed by atoms with van der Waals surface area (Å²) in [4.78, 5) is 26.4. The van der Waals surface area contributed by atoms with E-state index in [4.69, 9.17) is 15.2 Å². The lowest BCUT2D eigenvalue weighted by molar-refractivity contribution is -0.126. The van der Waals surface area contributed by atoms with Crippen LogP contribution in [0.15, 0.2) is 30.3 Å². The number of rotatable bonds is 8. The molecule has 0 radical (unpaired) electrons. The smallest absolute Gasteiger partial charge is 0.410 e. The minimum Gasteiger partial charge on any atom is -0.447 e. The second kappa shape index (κ2) is 11.2. The minimum atomic E-state index is -1.06. The number of hydrogen-bond acceptors (Lipinski definition) is 7. The normalized spacial score (nSPS) is 14.3. The van der Waals surface area contributed by atoms with Crippen LogP contribution in [0, 0.1) is 0 Å². The number of carbonyl (C=O) groups is 2. The van der Waals surface area contributed by atoms with Crippen LogP contribution in [0.5, 0.6) is 0 Å². The molecular formula is C23H36N6O4. The summed E-state index contributed by atoms with van der Waals surface area (Å²) >= 11 is 0. The molecule has 0 unspecified atom stereocenters. The fourth-order valence-corrected chi connectivity index (χ4v) is 3.26. The van der Waals surface area contributed by atoms with Crippen LogP contribution in [0.2, 0.25) is 0 Å². The second-order valence-corrected chi connectivity index (χ2v) is 8.73. The molecule has 0 spiro atoms. The Labute approximate surface area is 195 Å². The number of fused-ring (bicyclic) bond motifs is 1. The summed E-state index contributed by atoms with van der Waals surface area (Å²) < 4.78 is 13.1. The molecule has 0 aliphatic carbocycles. The number of amides is 2. The molecule has 0 bridgehead atoms. The van der Waals surface area contributed by atoms with Crippen molar-refractivity contribution in [3.63, 3.8) is 0 Å². The Morgan fingerprint density at radius 1 is 1.18 bits per heavy atom. The summed E-state index contributed by atoms with van der Waals surface area (Å²) in [6.07, 6.45) is -0.574. The molecule has 1 atom stereocenters. The van der Waals surface area contributed by atoms with Crippen molar-refractivity contribution < 1.29 is 19.1 Å². The Balaban J connectivity index is 0.00000385. The van der Waals surface area contributed by atoms with E-state index in [1.54, 1.807) is 18.7 Å². The molecule has 10 nitrogen and oxygen atoms in total. The van der Waals surface area contributed by atoms with Crippen molar-refractivity contribution in [2.45, 2.75) is 72.5 Å². The quantitative estimate of drug-likeness (QED) is 0.620. The summed E-state index contributed by atoms with van der Waals surface area (Å²) in [6.45, 7) is 8.73. The van der Waals surface area contributed by atoms with Gasteiger partial charge in [0.25, 0.3) is 0 Å². The first kappa shape index (κ1) is 26.3. The molecule has 182 valence electrons. The van der Waals surface area contributed by atoms with E-state index >= 15 is 0 Å². The van der Waals surface area contributed by atoms with Crippen LogP contribution in [-0.2, 0) is 34.0 Å². The van der Waals surface area contributed by atoms with Crippen LogP contribution in [-0.4, -0.2) is 56.5 Å². The van der Waals surface area contributed by atoms with Gasteiger partial charge >= 0.3 is 6.09 Å². The van der Waals surface area contributed by atoms with Gasteiger partial charge in [-0.1, -0.05) is 37.8 Å². The van der Waals surface area contributed by atoms with Gasteiger partial charge in [0, 0.05) is 13.1 Å². The van der Waals surface area contributed by atoms with Gasteiger partial charge < -0.3 is 25.1 Å². The lowest BCUT2D eigenvalue weighted by Crippen LogP contribution is -2.51. The number of ether oxygens (including phenoxy) is 2. The molecule has 1 aromatic heterocycles. The second-order valence-electron chi connectivity index (χ2n) is 8.73. The zero-order valence-corrected chi connectivity index (χ0v) is 19.1. The third kappa shape index (κ3) is 7.00. The third-order valence-electron chi connectivity index (χ3n) is 4.97. The zero-order chi connectivity index (χ0) is 23.3. The molecule has 1 aliphatic heterocycles. The molecule has 33 heavy (non-hydrogen) atoms. The summed E-state index contributed by atoms with van der Waals surface area (Å²) in [5.74, 6) is 0.880. The van der Waals surface area contributed by atoms with Gasteiger partial charge in [-0.25, -0.2) is 4.79 Å². The summed E-state index contributed by atoms with van der Waals surface area (Å²) in [5.41, 5.74) is 5.95. The largest absolute Gasteiger partial charge is 0.447 e. The predicted molar refractivity (Wildman–Crippen MR) is 124 cm³/mol. The summed E-state index contributed by atoms with van der Waals surface area (Å²) in [7, 11) is 0. The lowest BCUT2D eigenvalue weighted by atomic mass is 10.1. The van der Waals surface area contributed by atoms with Gasteiger partial charge in [0.05, 0.1) is 31.4 Å². The minimum absolute atomic E-state index is 0. The molecular weight excluding hydrogens is 424 g/mol. The fraction of sp³-hybridized carbons (Fsp3) is 0.565. The maximum atomic E-state index is 12.6. The van der Waals surface area contributed by atoms with Gasteiger partial charge in [-0.15, -0.1) is 10.2 Å². The van der Waals surface area contributed by atoms with E-state index in [-0.39, 0.29) is 38.7 Å². The van der Waals surface area contributed by atoms with E-state index in [1.807, 2.05) is 48.7 Å². The van der Waals surface area contributed by atoms with E-state index in [0.29, 0.717) is 31.3 Å². The van der Waals surface area contributed by atoms with Crippen LogP contribution in [0.4, 0.5) is 4.79 Å². The highest BCUT2D eigenvalue weighted by atomic mass is 16.6. The molecule has 1 aliphatic rings. The van der Waals surface area contributed by atoms with Crippen LogP contribution in [0.25, 0.3) is 0 Å². The van der Waals surface area contributed by atoms with Crippen molar-refractivity contribution in [1.82, 2.24) is 25.0 Å². The van der Waals surface area contributed by atoms with Gasteiger partial charge in [-0.2, -0.15) is 0 Å². The van der Waals surface area contributed by atoms with E-state index < -0.39 is 11.6 Å². The topological polar surface area (TPSA) is 125 Å². The molecule has 2 aromatic rings. The van der Waals surface area contributed by atoms with E-state index in [2.05, 4.69) is 15.5 Å². The van der Waals surface area contributed by atoms with Gasteiger partial charge in [-0.3, -0.25) is 9.69 Å². The Kier molecular flexibility index (Phi) is 8.95. The van der Waals surface area contributed by atoms with Gasteiger partial charge in [0.15, 0.2) is 11.6 Å². The van der Waals surface area contributed by atoms with Crippen molar-refractivity contribution in [2.24, 2.45) is 5.73 Å². The Bertz CT molecular complexity index is 923. The lowest BCUT2D eigenvalue weighted by Gasteiger charge is -2.29. The Morgan fingerprint density at radius 3 is 2.52 bits per heavy atom. The van der Waals surface area contributed by atoms with Crippen molar-refractivity contribution >= 4 is 12.0 Å². The van der Waals surface area contributed by atoms with E-state index in [0.717, 1.165) is 5.56 Å². The highest BCUT2D eigenvalue weighted by molar-refractivity contribution is 5.85. The van der Waals surface area contributed by atoms with Crippen LogP contribution >= 0.6 is 0 Å². The van der Waals surface area contributed by atoms with E-state index in [1.165, 1.54) is 0 Å². The molecule has 2 heterocycles. The first-order valence-electron chi connectivity index (χ1n) is 10.7. The molecule has 3 N–H and O–H groups in total. The van der Waals surface area contributed by atoms with Gasteiger partial charge in [-0.05, 0) is 33.3 Å². The van der Waals surface area contributed by atoms with Crippen LogP contribution in [0.3, 0.4) is 0 Å². The third-order valence-corrected chi connectivity index (χ3v) is 4.97. The van der Waals surface area contributed by atoms with Crippen molar-refractivity contribution in [1.29, 1.82) is 0 Å². The number of aromatic nitrogens is 3. The number of nitrogens with zero attached hydrogens (tertiary/aromatic N) is 4. The predicted octanol–water partition coefficient (Wildman–Crippen LogP) is 2.39. The molecule has 0 fully saturated rings. The molecule has 0 saturated heterocycles. The maximum absolute atomic E-state index is 12.6. The van der Waals surface area contributed by atoms with Gasteiger partial charge in [0.2, 0.25) is 5.91 Å². The molecule has 10 heteroatoms. The summed E-state index contributed by atoms with van der Waals surface area (Å²) in [6, 6.07) is 9.24. The maximum Gasteiger partial charge on any atom is 0.410 e. The highest BCUT2D eigenvalue weighted by Crippen LogP contribution is 2.20. The van der Waals surface area contributed by atoms with Crippen molar-refractivity contribution in [3.8, 4) is 0 Å². The number of nitrogens with one attached hydrogen (secondary N) is 1. The fourth-order valence-electron chi connectivity index (χ4n) is 3.26. The first-order chi connectivity index (χ1) is 15.1. The number of nitrogens with two attached hydrogens (primary N) is 1. The van der Waals surface area contributed by atoms with Crippen LogP contribution in [0.1, 0.15) is 58.4 Å². The number of benzene rings is 1. The number of hydrogen-bond donors (Lipinski definition) is 2. The Morgan fingerprint density at radius 2 is 1.88 bits per heavy atom. The van der Waals surface area contributed by atoms with Crippen molar-refractivity contribution in [2.75, 3.05) is 13.2 Å². The standard InChI is InChI=1S/C22H32N6O4.CH4/c1-15(2)32-21(30)27-10-11-28-18(12-27)25-26-19(28)17(24-20(29)22(3,4)23)14-31-13-16-8-6-5-7-9-16;/h5-9,15,17H,10-14,23H2,1-4H3,(H,24,29);1H4/t17-;/m1./s1. The van der Waals surface area contributed by atoms with Gasteiger partial charge in [0.1, 0.15) is 6.04 Å². The molecule has 2 amide bonds. The average Bonchev–Trinajstić information content (AvgIpc) is 3.15. The average molecular weight is 461 g/mol. The van der Waals surface area contributed by atoms with Crippen LogP contribution < -0.4 is 11.1 Å². The summed E-state index contributed by atoms with van der Waals surface area (Å²) in [5, 5.41) is 11.5. The van der Waals surface area contributed by atoms with Crippen molar-refractivity contribution in [3.05, 3.63) is 47.5 Å². The zero-order valence-electron chi connectivity index (χ0n) is 19.1. The molecule has 1 aromatic carbocycles.